The molecule has 0 bridgehead atoms. The van der Waals surface area contributed by atoms with E-state index < -0.39 is 6.10 Å². The lowest BCUT2D eigenvalue weighted by Crippen LogP contribution is -2.36. The van der Waals surface area contributed by atoms with Crippen LogP contribution in [0.1, 0.15) is 17.4 Å². The molecule has 6 rings (SSSR count). The SMILES string of the molecule is OC(c1cc(-c2ncnc3cc(N4CCOCC4)ccc23)ccc1Cl)c1nccn2cccc12. The highest BCUT2D eigenvalue weighted by molar-refractivity contribution is 6.31. The van der Waals surface area contributed by atoms with Crippen molar-refractivity contribution < 1.29 is 9.84 Å². The van der Waals surface area contributed by atoms with Gasteiger partial charge in [-0.3, -0.25) is 4.98 Å². The lowest BCUT2D eigenvalue weighted by atomic mass is 9.99. The molecule has 7 nitrogen and oxygen atoms in total. The Labute approximate surface area is 201 Å². The minimum atomic E-state index is -0.980. The number of morpholine rings is 1. The Hall–Kier alpha value is -3.52. The maximum atomic E-state index is 11.2. The third kappa shape index (κ3) is 3.68. The molecule has 1 unspecified atom stereocenters. The van der Waals surface area contributed by atoms with Gasteiger partial charge in [-0.15, -0.1) is 0 Å². The summed E-state index contributed by atoms with van der Waals surface area (Å²) in [4.78, 5) is 15.8. The molecule has 0 amide bonds. The van der Waals surface area contributed by atoms with Gasteiger partial charge in [-0.25, -0.2) is 9.97 Å². The maximum Gasteiger partial charge on any atom is 0.125 e. The molecule has 34 heavy (non-hydrogen) atoms. The van der Waals surface area contributed by atoms with Gasteiger partial charge in [-0.2, -0.15) is 0 Å². The van der Waals surface area contributed by atoms with Crippen LogP contribution in [0.5, 0.6) is 0 Å². The van der Waals surface area contributed by atoms with E-state index in [1.54, 1.807) is 18.6 Å². The maximum absolute atomic E-state index is 11.2. The molecule has 170 valence electrons. The lowest BCUT2D eigenvalue weighted by Gasteiger charge is -2.29. The third-order valence-electron chi connectivity index (χ3n) is 6.30. The number of aromatic nitrogens is 4. The first-order valence-electron chi connectivity index (χ1n) is 11.2. The van der Waals surface area contributed by atoms with Gasteiger partial charge in [0.15, 0.2) is 0 Å². The van der Waals surface area contributed by atoms with Crippen molar-refractivity contribution in [3.8, 4) is 11.3 Å². The average Bonchev–Trinajstić information content (AvgIpc) is 3.38. The molecule has 2 aromatic carbocycles. The molecule has 5 aromatic rings. The fraction of sp³-hybridized carbons (Fsp3) is 0.192. The summed E-state index contributed by atoms with van der Waals surface area (Å²) in [6.07, 6.45) is 6.04. The molecule has 1 aliphatic rings. The summed E-state index contributed by atoms with van der Waals surface area (Å²) in [5, 5.41) is 12.7. The molecule has 1 fully saturated rings. The number of halogens is 1. The second kappa shape index (κ2) is 8.68. The summed E-state index contributed by atoms with van der Waals surface area (Å²) in [5.41, 5.74) is 5.60. The van der Waals surface area contributed by atoms with Gasteiger partial charge >= 0.3 is 0 Å². The summed E-state index contributed by atoms with van der Waals surface area (Å²) in [6, 6.07) is 15.7. The largest absolute Gasteiger partial charge is 0.382 e. The van der Waals surface area contributed by atoms with Crippen molar-refractivity contribution in [3.63, 3.8) is 0 Å². The Kier molecular flexibility index (Phi) is 5.37. The van der Waals surface area contributed by atoms with E-state index in [-0.39, 0.29) is 0 Å². The molecule has 1 saturated heterocycles. The second-order valence-electron chi connectivity index (χ2n) is 8.28. The van der Waals surface area contributed by atoms with Gasteiger partial charge < -0.3 is 19.1 Å². The lowest BCUT2D eigenvalue weighted by molar-refractivity contribution is 0.122. The zero-order valence-electron chi connectivity index (χ0n) is 18.3. The minimum Gasteiger partial charge on any atom is -0.382 e. The van der Waals surface area contributed by atoms with Gasteiger partial charge in [-0.05, 0) is 42.5 Å². The van der Waals surface area contributed by atoms with Gasteiger partial charge in [0.25, 0.3) is 0 Å². The molecule has 3 aromatic heterocycles. The van der Waals surface area contributed by atoms with Crippen LogP contribution in [-0.4, -0.2) is 50.8 Å². The van der Waals surface area contributed by atoms with Crippen molar-refractivity contribution in [1.82, 2.24) is 19.4 Å². The van der Waals surface area contributed by atoms with Crippen molar-refractivity contribution in [1.29, 1.82) is 0 Å². The van der Waals surface area contributed by atoms with Crippen LogP contribution < -0.4 is 4.90 Å². The van der Waals surface area contributed by atoms with Crippen molar-refractivity contribution in [2.24, 2.45) is 0 Å². The van der Waals surface area contributed by atoms with E-state index in [9.17, 15) is 5.11 Å². The first-order chi connectivity index (χ1) is 16.7. The van der Waals surface area contributed by atoms with Crippen molar-refractivity contribution in [2.45, 2.75) is 6.10 Å². The molecule has 4 heterocycles. The zero-order valence-corrected chi connectivity index (χ0v) is 19.1. The van der Waals surface area contributed by atoms with Gasteiger partial charge in [0, 0.05) is 58.9 Å². The normalized spacial score (nSPS) is 15.2. The number of ether oxygens (including phenoxy) is 1. The Bertz CT molecular complexity index is 1500. The van der Waals surface area contributed by atoms with E-state index in [0.717, 1.165) is 59.7 Å². The van der Waals surface area contributed by atoms with Crippen LogP contribution in [0.4, 0.5) is 5.69 Å². The smallest absolute Gasteiger partial charge is 0.125 e. The highest BCUT2D eigenvalue weighted by atomic mass is 35.5. The van der Waals surface area contributed by atoms with E-state index in [1.165, 1.54) is 0 Å². The Balaban J connectivity index is 1.41. The molecular formula is C26H22ClN5O2. The van der Waals surface area contributed by atoms with E-state index in [4.69, 9.17) is 16.3 Å². The Morgan fingerprint density at radius 1 is 0.971 bits per heavy atom. The fourth-order valence-electron chi connectivity index (χ4n) is 4.54. The number of hydrogen-bond acceptors (Lipinski definition) is 6. The first-order valence-corrected chi connectivity index (χ1v) is 11.5. The molecule has 0 spiro atoms. The fourth-order valence-corrected chi connectivity index (χ4v) is 4.77. The average molecular weight is 472 g/mol. The quantitative estimate of drug-likeness (QED) is 0.415. The highest BCUT2D eigenvalue weighted by Crippen LogP contribution is 2.35. The van der Waals surface area contributed by atoms with Gasteiger partial charge in [0.2, 0.25) is 0 Å². The van der Waals surface area contributed by atoms with Crippen LogP contribution in [0.25, 0.3) is 27.7 Å². The first kappa shape index (κ1) is 21.0. The number of aliphatic hydroxyl groups is 1. The molecule has 0 radical (unpaired) electrons. The van der Waals surface area contributed by atoms with Gasteiger partial charge in [-0.1, -0.05) is 17.7 Å². The second-order valence-corrected chi connectivity index (χ2v) is 8.68. The van der Waals surface area contributed by atoms with E-state index in [2.05, 4.69) is 38.1 Å². The summed E-state index contributed by atoms with van der Waals surface area (Å²) in [6.45, 7) is 3.19. The molecule has 1 N–H and O–H groups in total. The van der Waals surface area contributed by atoms with E-state index in [1.807, 2.05) is 41.1 Å². The predicted molar refractivity (Wildman–Crippen MR) is 132 cm³/mol. The van der Waals surface area contributed by atoms with Crippen LogP contribution in [-0.2, 0) is 4.74 Å². The Morgan fingerprint density at radius 2 is 1.85 bits per heavy atom. The van der Waals surface area contributed by atoms with Crippen molar-refractivity contribution in [2.75, 3.05) is 31.2 Å². The number of nitrogens with zero attached hydrogens (tertiary/aromatic N) is 5. The Morgan fingerprint density at radius 3 is 2.74 bits per heavy atom. The summed E-state index contributed by atoms with van der Waals surface area (Å²) >= 11 is 6.54. The summed E-state index contributed by atoms with van der Waals surface area (Å²) in [5.74, 6) is 0. The van der Waals surface area contributed by atoms with Gasteiger partial charge in [0.1, 0.15) is 12.4 Å². The van der Waals surface area contributed by atoms with Crippen molar-refractivity contribution in [3.05, 3.63) is 89.7 Å². The van der Waals surface area contributed by atoms with Crippen LogP contribution in [0, 0.1) is 0 Å². The van der Waals surface area contributed by atoms with Crippen molar-refractivity contribution >= 4 is 33.7 Å². The third-order valence-corrected chi connectivity index (χ3v) is 6.65. The number of benzene rings is 2. The number of rotatable bonds is 4. The summed E-state index contributed by atoms with van der Waals surface area (Å²) in [7, 11) is 0. The molecule has 8 heteroatoms. The number of anilines is 1. The van der Waals surface area contributed by atoms with Crippen LogP contribution in [0.3, 0.4) is 0 Å². The number of aliphatic hydroxyl groups excluding tert-OH is 1. The molecular weight excluding hydrogens is 450 g/mol. The number of fused-ring (bicyclic) bond motifs is 2. The van der Waals surface area contributed by atoms with E-state index >= 15 is 0 Å². The molecule has 0 aliphatic carbocycles. The van der Waals surface area contributed by atoms with Crippen LogP contribution in [0.2, 0.25) is 5.02 Å². The molecule has 1 atom stereocenters. The minimum absolute atomic E-state index is 0.472. The van der Waals surface area contributed by atoms with Crippen LogP contribution >= 0.6 is 11.6 Å². The molecule has 1 aliphatic heterocycles. The van der Waals surface area contributed by atoms with Crippen LogP contribution in [0.15, 0.2) is 73.4 Å². The monoisotopic (exact) mass is 471 g/mol. The van der Waals surface area contributed by atoms with E-state index in [0.29, 0.717) is 16.3 Å². The highest BCUT2D eigenvalue weighted by Gasteiger charge is 2.20. The predicted octanol–water partition coefficient (Wildman–Crippen LogP) is 4.52. The summed E-state index contributed by atoms with van der Waals surface area (Å²) < 4.78 is 7.40. The topological polar surface area (TPSA) is 75.8 Å². The molecule has 0 saturated carbocycles. The number of hydrogen-bond donors (Lipinski definition) is 1. The standard InChI is InChI=1S/C26H22ClN5O2/c27-21-6-3-17(14-20(21)26(33)25-23-2-1-8-32(23)9-7-28-25)24-19-5-4-18(15-22(19)29-16-30-24)31-10-12-34-13-11-31/h1-9,14-16,26,33H,10-13H2. The van der Waals surface area contributed by atoms with Gasteiger partial charge in [0.05, 0.1) is 35.6 Å². The zero-order chi connectivity index (χ0) is 23.1.